The highest BCUT2D eigenvalue weighted by atomic mass is 19.1. The maximum Gasteiger partial charge on any atom is 0.123 e. The lowest BCUT2D eigenvalue weighted by Gasteiger charge is -2.20. The summed E-state index contributed by atoms with van der Waals surface area (Å²) in [4.78, 5) is 2.18. The lowest BCUT2D eigenvalue weighted by Crippen LogP contribution is -2.34. The number of benzene rings is 1. The number of nitrogens with one attached hydrogen (secondary N) is 1. The molecule has 17 heavy (non-hydrogen) atoms. The fraction of sp³-hybridized carbons (Fsp3) is 0.571. The number of hydrogen-bond acceptors (Lipinski definition) is 2. The van der Waals surface area contributed by atoms with Gasteiger partial charge in [0.05, 0.1) is 0 Å². The number of rotatable bonds is 7. The van der Waals surface area contributed by atoms with Gasteiger partial charge in [-0.1, -0.05) is 19.1 Å². The van der Waals surface area contributed by atoms with E-state index < -0.39 is 0 Å². The van der Waals surface area contributed by atoms with Gasteiger partial charge >= 0.3 is 0 Å². The van der Waals surface area contributed by atoms with E-state index >= 15 is 0 Å². The first kappa shape index (κ1) is 14.1. The highest BCUT2D eigenvalue weighted by Gasteiger charge is 2.09. The average molecular weight is 238 g/mol. The lowest BCUT2D eigenvalue weighted by molar-refractivity contribution is 0.358. The van der Waals surface area contributed by atoms with Gasteiger partial charge in [-0.3, -0.25) is 0 Å². The third-order valence-electron chi connectivity index (χ3n) is 2.79. The molecule has 0 aromatic heterocycles. The van der Waals surface area contributed by atoms with Gasteiger partial charge in [0.2, 0.25) is 0 Å². The molecule has 3 heteroatoms. The molecule has 1 aromatic carbocycles. The molecule has 0 aliphatic heterocycles. The Kier molecular flexibility index (Phi) is 6.16. The number of halogens is 1. The summed E-state index contributed by atoms with van der Waals surface area (Å²) in [5, 5.41) is 3.46. The quantitative estimate of drug-likeness (QED) is 0.784. The highest BCUT2D eigenvalue weighted by molar-refractivity contribution is 5.17. The second-order valence-electron chi connectivity index (χ2n) is 4.68. The minimum Gasteiger partial charge on any atom is -0.314 e. The Morgan fingerprint density at radius 2 is 2.12 bits per heavy atom. The summed E-state index contributed by atoms with van der Waals surface area (Å²) in [7, 11) is 4.15. The monoisotopic (exact) mass is 238 g/mol. The van der Waals surface area contributed by atoms with Crippen LogP contribution in [0.2, 0.25) is 0 Å². The predicted octanol–water partition coefficient (Wildman–Crippen LogP) is 2.30. The first-order valence-corrected chi connectivity index (χ1v) is 6.24. The molecule has 1 rings (SSSR count). The summed E-state index contributed by atoms with van der Waals surface area (Å²) < 4.78 is 13.1. The van der Waals surface area contributed by atoms with Crippen LogP contribution in [0.1, 0.15) is 18.9 Å². The Hall–Kier alpha value is -0.930. The Morgan fingerprint density at radius 3 is 2.71 bits per heavy atom. The van der Waals surface area contributed by atoms with Gasteiger partial charge in [0.15, 0.2) is 0 Å². The summed E-state index contributed by atoms with van der Waals surface area (Å²) >= 11 is 0. The zero-order valence-corrected chi connectivity index (χ0v) is 11.0. The van der Waals surface area contributed by atoms with Gasteiger partial charge in [0.25, 0.3) is 0 Å². The van der Waals surface area contributed by atoms with Gasteiger partial charge in [0, 0.05) is 6.04 Å². The van der Waals surface area contributed by atoms with E-state index in [4.69, 9.17) is 0 Å². The van der Waals surface area contributed by atoms with Crippen LogP contribution in [0.4, 0.5) is 4.39 Å². The standard InChI is InChI=1S/C14H23FN2/c1-4-16-14(8-9-17(2)3)11-12-6-5-7-13(15)10-12/h5-7,10,14,16H,4,8-9,11H2,1-3H3. The normalized spacial score (nSPS) is 13.0. The van der Waals surface area contributed by atoms with Crippen LogP contribution >= 0.6 is 0 Å². The largest absolute Gasteiger partial charge is 0.314 e. The molecular weight excluding hydrogens is 215 g/mol. The van der Waals surface area contributed by atoms with Gasteiger partial charge in [-0.2, -0.15) is 0 Å². The van der Waals surface area contributed by atoms with Crippen LogP contribution in [0, 0.1) is 5.82 Å². The van der Waals surface area contributed by atoms with Crippen molar-refractivity contribution in [2.75, 3.05) is 27.2 Å². The van der Waals surface area contributed by atoms with Gasteiger partial charge in [0.1, 0.15) is 5.82 Å². The summed E-state index contributed by atoms with van der Waals surface area (Å²) in [6, 6.07) is 7.30. The van der Waals surface area contributed by atoms with E-state index in [-0.39, 0.29) is 5.82 Å². The Labute approximate surface area is 104 Å². The molecule has 96 valence electrons. The SMILES string of the molecule is CCNC(CCN(C)C)Cc1cccc(F)c1. The van der Waals surface area contributed by atoms with Crippen molar-refractivity contribution in [3.8, 4) is 0 Å². The summed E-state index contributed by atoms with van der Waals surface area (Å²) in [5.41, 5.74) is 1.06. The number of nitrogens with zero attached hydrogens (tertiary/aromatic N) is 1. The molecule has 0 aliphatic rings. The molecule has 0 fully saturated rings. The molecule has 0 bridgehead atoms. The minimum atomic E-state index is -0.148. The average Bonchev–Trinajstić information content (AvgIpc) is 2.26. The topological polar surface area (TPSA) is 15.3 Å². The van der Waals surface area contributed by atoms with Crippen LogP contribution in [0.3, 0.4) is 0 Å². The van der Waals surface area contributed by atoms with Crippen molar-refractivity contribution in [1.82, 2.24) is 10.2 Å². The molecule has 1 aromatic rings. The summed E-state index contributed by atoms with van der Waals surface area (Å²) in [6.45, 7) is 4.11. The van der Waals surface area contributed by atoms with Gasteiger partial charge in [-0.25, -0.2) is 4.39 Å². The predicted molar refractivity (Wildman–Crippen MR) is 70.7 cm³/mol. The number of hydrogen-bond donors (Lipinski definition) is 1. The molecule has 1 N–H and O–H groups in total. The second kappa shape index (κ2) is 7.41. The van der Waals surface area contributed by atoms with Crippen molar-refractivity contribution in [3.63, 3.8) is 0 Å². The highest BCUT2D eigenvalue weighted by Crippen LogP contribution is 2.08. The fourth-order valence-corrected chi connectivity index (χ4v) is 1.93. The zero-order valence-electron chi connectivity index (χ0n) is 11.0. The fourth-order valence-electron chi connectivity index (χ4n) is 1.93. The molecule has 0 aliphatic carbocycles. The first-order valence-electron chi connectivity index (χ1n) is 6.24. The summed E-state index contributed by atoms with van der Waals surface area (Å²) in [5.74, 6) is -0.148. The van der Waals surface area contributed by atoms with Crippen LogP contribution in [-0.4, -0.2) is 38.1 Å². The van der Waals surface area contributed by atoms with E-state index in [0.29, 0.717) is 6.04 Å². The molecule has 0 saturated heterocycles. The Morgan fingerprint density at radius 1 is 1.35 bits per heavy atom. The van der Waals surface area contributed by atoms with Crippen molar-refractivity contribution < 1.29 is 4.39 Å². The molecule has 0 saturated carbocycles. The van der Waals surface area contributed by atoms with E-state index in [1.165, 1.54) is 6.07 Å². The van der Waals surface area contributed by atoms with Crippen molar-refractivity contribution in [2.24, 2.45) is 0 Å². The minimum absolute atomic E-state index is 0.148. The zero-order chi connectivity index (χ0) is 12.7. The van der Waals surface area contributed by atoms with Crippen LogP contribution in [0.25, 0.3) is 0 Å². The van der Waals surface area contributed by atoms with Gasteiger partial charge in [-0.15, -0.1) is 0 Å². The molecule has 0 amide bonds. The van der Waals surface area contributed by atoms with Crippen molar-refractivity contribution in [1.29, 1.82) is 0 Å². The maximum absolute atomic E-state index is 13.1. The third-order valence-corrected chi connectivity index (χ3v) is 2.79. The first-order chi connectivity index (χ1) is 8.11. The molecule has 1 unspecified atom stereocenters. The van der Waals surface area contributed by atoms with Crippen LogP contribution < -0.4 is 5.32 Å². The summed E-state index contributed by atoms with van der Waals surface area (Å²) in [6.07, 6.45) is 1.97. The molecular formula is C14H23FN2. The molecule has 0 heterocycles. The van der Waals surface area contributed by atoms with Crippen molar-refractivity contribution in [3.05, 3.63) is 35.6 Å². The molecule has 0 spiro atoms. The van der Waals surface area contributed by atoms with E-state index in [9.17, 15) is 4.39 Å². The van der Waals surface area contributed by atoms with Crippen molar-refractivity contribution in [2.45, 2.75) is 25.8 Å². The third kappa shape index (κ3) is 5.80. The smallest absolute Gasteiger partial charge is 0.123 e. The molecule has 2 nitrogen and oxygen atoms in total. The maximum atomic E-state index is 13.1. The molecule has 0 radical (unpaired) electrons. The number of likely N-dealkylation sites (N-methyl/N-ethyl adjacent to an activating group) is 1. The van der Waals surface area contributed by atoms with Gasteiger partial charge in [-0.05, 0) is 57.7 Å². The van der Waals surface area contributed by atoms with Crippen LogP contribution in [-0.2, 0) is 6.42 Å². The van der Waals surface area contributed by atoms with Crippen molar-refractivity contribution >= 4 is 0 Å². The van der Waals surface area contributed by atoms with E-state index in [0.717, 1.165) is 31.5 Å². The van der Waals surface area contributed by atoms with E-state index in [1.807, 2.05) is 6.07 Å². The Balaban J connectivity index is 2.53. The van der Waals surface area contributed by atoms with E-state index in [2.05, 4.69) is 31.2 Å². The van der Waals surface area contributed by atoms with Crippen LogP contribution in [0.15, 0.2) is 24.3 Å². The second-order valence-corrected chi connectivity index (χ2v) is 4.68. The van der Waals surface area contributed by atoms with Crippen LogP contribution in [0.5, 0.6) is 0 Å². The van der Waals surface area contributed by atoms with Gasteiger partial charge < -0.3 is 10.2 Å². The van der Waals surface area contributed by atoms with E-state index in [1.54, 1.807) is 12.1 Å². The lowest BCUT2D eigenvalue weighted by atomic mass is 10.0. The molecule has 1 atom stereocenters. The Bertz CT molecular complexity index is 326.